The minimum absolute atomic E-state index is 0.144. The summed E-state index contributed by atoms with van der Waals surface area (Å²) in [5.74, 6) is 0.986. The Kier molecular flexibility index (Phi) is 5.03. The molecule has 3 aromatic carbocycles. The summed E-state index contributed by atoms with van der Waals surface area (Å²) < 4.78 is 39.1. The molecule has 1 saturated heterocycles. The van der Waals surface area contributed by atoms with Crippen molar-refractivity contribution in [1.29, 1.82) is 0 Å². The summed E-state index contributed by atoms with van der Waals surface area (Å²) in [6, 6.07) is 20.1. The van der Waals surface area contributed by atoms with Crippen molar-refractivity contribution in [2.75, 3.05) is 32.8 Å². The van der Waals surface area contributed by atoms with Gasteiger partial charge in [0.05, 0.1) is 4.90 Å². The number of ether oxygens (including phenoxy) is 2. The lowest BCUT2D eigenvalue weighted by Crippen LogP contribution is -2.55. The molecular formula is C23H22N2O5S. The summed E-state index contributed by atoms with van der Waals surface area (Å²) in [5.41, 5.74) is 0. The van der Waals surface area contributed by atoms with E-state index >= 15 is 0 Å². The van der Waals surface area contributed by atoms with Gasteiger partial charge in [-0.1, -0.05) is 42.5 Å². The Morgan fingerprint density at radius 2 is 1.52 bits per heavy atom. The molecule has 0 N–H and O–H groups in total. The van der Waals surface area contributed by atoms with Gasteiger partial charge in [0.2, 0.25) is 16.1 Å². The highest BCUT2D eigenvalue weighted by Crippen LogP contribution is 2.31. The van der Waals surface area contributed by atoms with Gasteiger partial charge < -0.3 is 14.4 Å². The highest BCUT2D eigenvalue weighted by Gasteiger charge is 2.35. The van der Waals surface area contributed by atoms with Crippen LogP contribution in [0.3, 0.4) is 0 Å². The molecule has 5 rings (SSSR count). The molecule has 0 aliphatic carbocycles. The molecule has 0 spiro atoms. The lowest BCUT2D eigenvalue weighted by molar-refractivity contribution is -0.142. The Balaban J connectivity index is 1.26. The maximum atomic E-state index is 13.1. The van der Waals surface area contributed by atoms with E-state index < -0.39 is 16.1 Å². The number of carbonyl (C=O) groups excluding carboxylic acids is 1. The molecule has 2 heterocycles. The number of amides is 1. The predicted octanol–water partition coefficient (Wildman–Crippen LogP) is 2.51. The summed E-state index contributed by atoms with van der Waals surface area (Å²) in [4.78, 5) is 14.8. The van der Waals surface area contributed by atoms with E-state index in [9.17, 15) is 13.2 Å². The summed E-state index contributed by atoms with van der Waals surface area (Å²) in [7, 11) is -3.63. The third-order valence-corrected chi connectivity index (χ3v) is 7.59. The van der Waals surface area contributed by atoms with Crippen LogP contribution >= 0.6 is 0 Å². The van der Waals surface area contributed by atoms with E-state index in [2.05, 4.69) is 0 Å². The van der Waals surface area contributed by atoms with Crippen LogP contribution in [-0.2, 0) is 14.8 Å². The average Bonchev–Trinajstić information content (AvgIpc) is 2.83. The molecule has 0 saturated carbocycles. The van der Waals surface area contributed by atoms with Gasteiger partial charge in [-0.2, -0.15) is 4.31 Å². The Labute approximate surface area is 180 Å². The molecule has 8 heteroatoms. The highest BCUT2D eigenvalue weighted by atomic mass is 32.2. The van der Waals surface area contributed by atoms with Crippen molar-refractivity contribution in [1.82, 2.24) is 9.21 Å². The summed E-state index contributed by atoms with van der Waals surface area (Å²) in [6.07, 6.45) is -0.724. The zero-order chi connectivity index (χ0) is 21.4. The lowest BCUT2D eigenvalue weighted by Gasteiger charge is -2.36. The molecule has 0 aromatic heterocycles. The van der Waals surface area contributed by atoms with E-state index in [-0.39, 0.29) is 30.5 Å². The number of para-hydroxylation sites is 2. The second-order valence-electron chi connectivity index (χ2n) is 7.60. The van der Waals surface area contributed by atoms with Gasteiger partial charge in [0.1, 0.15) is 6.61 Å². The Hall–Kier alpha value is -3.10. The smallest absolute Gasteiger partial charge is 0.267 e. The number of sulfonamides is 1. The first-order valence-electron chi connectivity index (χ1n) is 10.2. The van der Waals surface area contributed by atoms with Gasteiger partial charge in [0.15, 0.2) is 11.5 Å². The normalized spacial score (nSPS) is 19.4. The van der Waals surface area contributed by atoms with E-state index in [1.807, 2.05) is 42.5 Å². The summed E-state index contributed by atoms with van der Waals surface area (Å²) in [5, 5.41) is 1.88. The second-order valence-corrected chi connectivity index (χ2v) is 9.54. The molecule has 1 atom stereocenters. The van der Waals surface area contributed by atoms with Crippen LogP contribution in [0.15, 0.2) is 71.6 Å². The number of piperazine rings is 1. The van der Waals surface area contributed by atoms with Gasteiger partial charge in [0, 0.05) is 26.2 Å². The molecule has 2 aliphatic rings. The largest absolute Gasteiger partial charge is 0.485 e. The van der Waals surface area contributed by atoms with Crippen molar-refractivity contribution in [3.05, 3.63) is 66.7 Å². The van der Waals surface area contributed by atoms with E-state index in [0.29, 0.717) is 24.6 Å². The third-order valence-electron chi connectivity index (χ3n) is 5.69. The SMILES string of the molecule is O=C([C@@H]1COc2ccccc2O1)N1CCN(S(=O)(=O)c2ccc3ccccc3c2)CC1. The Bertz CT molecular complexity index is 1240. The number of benzene rings is 3. The second kappa shape index (κ2) is 7.86. The molecule has 0 radical (unpaired) electrons. The van der Waals surface area contributed by atoms with Crippen LogP contribution in [0, 0.1) is 0 Å². The van der Waals surface area contributed by atoms with Gasteiger partial charge >= 0.3 is 0 Å². The number of rotatable bonds is 3. The van der Waals surface area contributed by atoms with Gasteiger partial charge in [-0.05, 0) is 35.0 Å². The number of hydrogen-bond acceptors (Lipinski definition) is 5. The van der Waals surface area contributed by atoms with Crippen molar-refractivity contribution in [2.45, 2.75) is 11.0 Å². The highest BCUT2D eigenvalue weighted by molar-refractivity contribution is 7.89. The van der Waals surface area contributed by atoms with Crippen molar-refractivity contribution < 1.29 is 22.7 Å². The van der Waals surface area contributed by atoms with Crippen LogP contribution < -0.4 is 9.47 Å². The van der Waals surface area contributed by atoms with Crippen molar-refractivity contribution in [3.63, 3.8) is 0 Å². The van der Waals surface area contributed by atoms with Crippen LogP contribution in [0.5, 0.6) is 11.5 Å². The van der Waals surface area contributed by atoms with E-state index in [1.165, 1.54) is 4.31 Å². The molecule has 160 valence electrons. The molecule has 7 nitrogen and oxygen atoms in total. The molecule has 3 aromatic rings. The maximum absolute atomic E-state index is 13.1. The number of nitrogens with zero attached hydrogens (tertiary/aromatic N) is 2. The van der Waals surface area contributed by atoms with Crippen LogP contribution in [0.2, 0.25) is 0 Å². The fourth-order valence-electron chi connectivity index (χ4n) is 3.97. The minimum atomic E-state index is -3.63. The van der Waals surface area contributed by atoms with E-state index in [4.69, 9.17) is 9.47 Å². The number of carbonyl (C=O) groups is 1. The minimum Gasteiger partial charge on any atom is -0.485 e. The standard InChI is InChI=1S/C23H22N2O5S/c26-23(22-16-29-20-7-3-4-8-21(20)30-22)24-11-13-25(14-12-24)31(27,28)19-10-9-17-5-1-2-6-18(17)15-19/h1-10,15,22H,11-14,16H2/t22-/m0/s1. The molecule has 1 amide bonds. The predicted molar refractivity (Wildman–Crippen MR) is 116 cm³/mol. The average molecular weight is 439 g/mol. The van der Waals surface area contributed by atoms with Gasteiger partial charge in [0.25, 0.3) is 5.91 Å². The molecule has 1 fully saturated rings. The Morgan fingerprint density at radius 1 is 0.839 bits per heavy atom. The van der Waals surface area contributed by atoms with Gasteiger partial charge in [-0.25, -0.2) is 8.42 Å². The fourth-order valence-corrected chi connectivity index (χ4v) is 5.43. The first-order valence-corrected chi connectivity index (χ1v) is 11.6. The van der Waals surface area contributed by atoms with Crippen molar-refractivity contribution in [2.24, 2.45) is 0 Å². The first-order chi connectivity index (χ1) is 15.0. The van der Waals surface area contributed by atoms with Crippen molar-refractivity contribution in [3.8, 4) is 11.5 Å². The van der Waals surface area contributed by atoms with Crippen LogP contribution in [0.4, 0.5) is 0 Å². The van der Waals surface area contributed by atoms with Crippen molar-refractivity contribution >= 4 is 26.7 Å². The summed E-state index contributed by atoms with van der Waals surface area (Å²) >= 11 is 0. The summed E-state index contributed by atoms with van der Waals surface area (Å²) in [6.45, 7) is 1.25. The fraction of sp³-hybridized carbons (Fsp3) is 0.261. The number of fused-ring (bicyclic) bond motifs is 2. The Morgan fingerprint density at radius 3 is 2.29 bits per heavy atom. The molecular weight excluding hydrogens is 416 g/mol. The topological polar surface area (TPSA) is 76.2 Å². The zero-order valence-corrected chi connectivity index (χ0v) is 17.6. The lowest BCUT2D eigenvalue weighted by atomic mass is 10.1. The quantitative estimate of drug-likeness (QED) is 0.628. The van der Waals surface area contributed by atoms with Gasteiger partial charge in [-0.3, -0.25) is 4.79 Å². The molecule has 0 bridgehead atoms. The van der Waals surface area contributed by atoms with E-state index in [0.717, 1.165) is 10.8 Å². The monoisotopic (exact) mass is 438 g/mol. The van der Waals surface area contributed by atoms with Crippen LogP contribution in [0.25, 0.3) is 10.8 Å². The zero-order valence-electron chi connectivity index (χ0n) is 16.8. The molecule has 2 aliphatic heterocycles. The van der Waals surface area contributed by atoms with Gasteiger partial charge in [-0.15, -0.1) is 0 Å². The van der Waals surface area contributed by atoms with Crippen LogP contribution in [0.1, 0.15) is 0 Å². The third kappa shape index (κ3) is 3.73. The first kappa shape index (κ1) is 19.8. The molecule has 0 unspecified atom stereocenters. The van der Waals surface area contributed by atoms with E-state index in [1.54, 1.807) is 29.2 Å². The molecule has 31 heavy (non-hydrogen) atoms. The van der Waals surface area contributed by atoms with Crippen LogP contribution in [-0.4, -0.2) is 62.4 Å². The number of hydrogen-bond donors (Lipinski definition) is 0. The maximum Gasteiger partial charge on any atom is 0.267 e.